The van der Waals surface area contributed by atoms with Gasteiger partial charge in [0.2, 0.25) is 11.9 Å². The molecule has 0 aliphatic heterocycles. The van der Waals surface area contributed by atoms with E-state index < -0.39 is 0 Å². The van der Waals surface area contributed by atoms with Crippen molar-refractivity contribution in [2.24, 2.45) is 0 Å². The summed E-state index contributed by atoms with van der Waals surface area (Å²) in [6, 6.07) is 31.0. The highest BCUT2D eigenvalue weighted by molar-refractivity contribution is 5.91. The Morgan fingerprint density at radius 1 is 0.759 bits per heavy atom. The van der Waals surface area contributed by atoms with Crippen LogP contribution in [0, 0.1) is 0 Å². The average Bonchev–Trinajstić information content (AvgIpc) is 2.75. The number of carbonyl (C=O) groups is 1. The molecule has 0 fully saturated rings. The molecule has 0 saturated heterocycles. The van der Waals surface area contributed by atoms with E-state index >= 15 is 0 Å². The van der Waals surface area contributed by atoms with Crippen LogP contribution in [0.4, 0.5) is 17.5 Å². The topological polar surface area (TPSA) is 66.9 Å². The van der Waals surface area contributed by atoms with Gasteiger partial charge in [0, 0.05) is 17.3 Å². The third-order valence-electron chi connectivity index (χ3n) is 4.30. The first-order valence-corrected chi connectivity index (χ1v) is 9.37. The molecule has 2 N–H and O–H groups in total. The molecule has 0 aliphatic rings. The lowest BCUT2D eigenvalue weighted by molar-refractivity contribution is -0.115. The third kappa shape index (κ3) is 5.05. The lowest BCUT2D eigenvalue weighted by Crippen LogP contribution is -2.17. The molecule has 29 heavy (non-hydrogen) atoms. The zero-order chi connectivity index (χ0) is 19.9. The van der Waals surface area contributed by atoms with Crippen LogP contribution in [0.1, 0.15) is 5.56 Å². The molecule has 0 unspecified atom stereocenters. The quantitative estimate of drug-likeness (QED) is 0.490. The van der Waals surface area contributed by atoms with Crippen LogP contribution in [0.25, 0.3) is 11.3 Å². The molecular formula is C24H20N4O. The van der Waals surface area contributed by atoms with Gasteiger partial charge in [0.15, 0.2) is 0 Å². The monoisotopic (exact) mass is 380 g/mol. The smallest absolute Gasteiger partial charge is 0.231 e. The van der Waals surface area contributed by atoms with Crippen molar-refractivity contribution < 1.29 is 4.79 Å². The van der Waals surface area contributed by atoms with E-state index in [1.54, 1.807) is 0 Å². The molecule has 5 nitrogen and oxygen atoms in total. The highest BCUT2D eigenvalue weighted by Gasteiger charge is 2.11. The van der Waals surface area contributed by atoms with E-state index in [0.717, 1.165) is 22.5 Å². The predicted molar refractivity (Wildman–Crippen MR) is 116 cm³/mol. The molecule has 0 radical (unpaired) electrons. The second-order valence-corrected chi connectivity index (χ2v) is 6.53. The summed E-state index contributed by atoms with van der Waals surface area (Å²) in [7, 11) is 0. The van der Waals surface area contributed by atoms with E-state index in [1.165, 1.54) is 0 Å². The SMILES string of the molecule is O=C(Cc1ccccc1)Nc1nc(Nc2ccccc2)cc(-c2ccccc2)n1. The molecule has 1 amide bonds. The molecule has 3 aromatic carbocycles. The van der Waals surface area contributed by atoms with Gasteiger partial charge in [-0.2, -0.15) is 4.98 Å². The summed E-state index contributed by atoms with van der Waals surface area (Å²) in [5.41, 5.74) is 3.53. The summed E-state index contributed by atoms with van der Waals surface area (Å²) >= 11 is 0. The maximum absolute atomic E-state index is 12.5. The van der Waals surface area contributed by atoms with Crippen LogP contribution < -0.4 is 10.6 Å². The predicted octanol–water partition coefficient (Wildman–Crippen LogP) is 5.07. The van der Waals surface area contributed by atoms with Gasteiger partial charge in [-0.15, -0.1) is 0 Å². The van der Waals surface area contributed by atoms with Crippen molar-refractivity contribution in [3.05, 3.63) is 103 Å². The highest BCUT2D eigenvalue weighted by Crippen LogP contribution is 2.23. The van der Waals surface area contributed by atoms with E-state index in [1.807, 2.05) is 97.1 Å². The Labute approximate surface area is 169 Å². The fraction of sp³-hybridized carbons (Fsp3) is 0.0417. The fourth-order valence-electron chi connectivity index (χ4n) is 2.94. The van der Waals surface area contributed by atoms with Crippen LogP contribution >= 0.6 is 0 Å². The van der Waals surface area contributed by atoms with Crippen molar-refractivity contribution in [3.8, 4) is 11.3 Å². The normalized spacial score (nSPS) is 10.3. The molecule has 0 atom stereocenters. The van der Waals surface area contributed by atoms with Crippen LogP contribution in [0.5, 0.6) is 0 Å². The Bertz CT molecular complexity index is 1080. The summed E-state index contributed by atoms with van der Waals surface area (Å²) in [5, 5.41) is 6.10. The first-order valence-electron chi connectivity index (χ1n) is 9.37. The average molecular weight is 380 g/mol. The number of rotatable bonds is 6. The molecule has 4 rings (SSSR count). The van der Waals surface area contributed by atoms with E-state index in [-0.39, 0.29) is 18.3 Å². The minimum atomic E-state index is -0.160. The molecule has 0 aliphatic carbocycles. The van der Waals surface area contributed by atoms with Crippen molar-refractivity contribution in [1.29, 1.82) is 0 Å². The highest BCUT2D eigenvalue weighted by atomic mass is 16.1. The second-order valence-electron chi connectivity index (χ2n) is 6.53. The molecule has 4 aromatic rings. The van der Waals surface area contributed by atoms with Crippen molar-refractivity contribution in [3.63, 3.8) is 0 Å². The lowest BCUT2D eigenvalue weighted by Gasteiger charge is -2.11. The van der Waals surface area contributed by atoms with Gasteiger partial charge in [-0.1, -0.05) is 78.9 Å². The molecule has 0 bridgehead atoms. The number of hydrogen-bond donors (Lipinski definition) is 2. The Morgan fingerprint density at radius 3 is 2.07 bits per heavy atom. The molecule has 142 valence electrons. The Kier molecular flexibility index (Phi) is 5.58. The molecule has 1 aromatic heterocycles. The number of carbonyl (C=O) groups excluding carboxylic acids is 1. The largest absolute Gasteiger partial charge is 0.340 e. The van der Waals surface area contributed by atoms with Gasteiger partial charge in [-0.3, -0.25) is 10.1 Å². The maximum atomic E-state index is 12.5. The summed E-state index contributed by atoms with van der Waals surface area (Å²) in [5.74, 6) is 0.720. The van der Waals surface area contributed by atoms with Gasteiger partial charge < -0.3 is 5.32 Å². The fourth-order valence-corrected chi connectivity index (χ4v) is 2.94. The zero-order valence-electron chi connectivity index (χ0n) is 15.7. The number of hydrogen-bond acceptors (Lipinski definition) is 4. The number of para-hydroxylation sites is 1. The van der Waals surface area contributed by atoms with Gasteiger partial charge in [0.25, 0.3) is 0 Å². The van der Waals surface area contributed by atoms with E-state index in [9.17, 15) is 4.79 Å². The van der Waals surface area contributed by atoms with Gasteiger partial charge in [-0.25, -0.2) is 4.98 Å². The molecule has 5 heteroatoms. The zero-order valence-corrected chi connectivity index (χ0v) is 15.7. The number of nitrogens with one attached hydrogen (secondary N) is 2. The molecule has 0 spiro atoms. The minimum Gasteiger partial charge on any atom is -0.340 e. The van der Waals surface area contributed by atoms with E-state index in [2.05, 4.69) is 20.6 Å². The number of amides is 1. The van der Waals surface area contributed by atoms with Crippen LogP contribution in [0.3, 0.4) is 0 Å². The Hall–Kier alpha value is -3.99. The Balaban J connectivity index is 1.61. The number of anilines is 3. The van der Waals surface area contributed by atoms with Crippen LogP contribution in [-0.2, 0) is 11.2 Å². The van der Waals surface area contributed by atoms with Crippen LogP contribution in [0.15, 0.2) is 97.1 Å². The van der Waals surface area contributed by atoms with Gasteiger partial charge in [0.1, 0.15) is 5.82 Å². The summed E-state index contributed by atoms with van der Waals surface area (Å²) in [6.45, 7) is 0. The van der Waals surface area contributed by atoms with Gasteiger partial charge in [0.05, 0.1) is 12.1 Å². The first kappa shape index (κ1) is 18.4. The van der Waals surface area contributed by atoms with Crippen molar-refractivity contribution in [2.75, 3.05) is 10.6 Å². The summed E-state index contributed by atoms with van der Waals surface area (Å²) < 4.78 is 0. The van der Waals surface area contributed by atoms with Crippen molar-refractivity contribution >= 4 is 23.4 Å². The number of benzene rings is 3. The maximum Gasteiger partial charge on any atom is 0.231 e. The van der Waals surface area contributed by atoms with Gasteiger partial charge in [-0.05, 0) is 17.7 Å². The van der Waals surface area contributed by atoms with Crippen molar-refractivity contribution in [1.82, 2.24) is 9.97 Å². The lowest BCUT2D eigenvalue weighted by atomic mass is 10.1. The third-order valence-corrected chi connectivity index (χ3v) is 4.30. The van der Waals surface area contributed by atoms with Crippen LogP contribution in [0.2, 0.25) is 0 Å². The van der Waals surface area contributed by atoms with Crippen molar-refractivity contribution in [2.45, 2.75) is 6.42 Å². The summed E-state index contributed by atoms with van der Waals surface area (Å²) in [6.07, 6.45) is 0.265. The minimum absolute atomic E-state index is 0.160. The molecule has 1 heterocycles. The number of nitrogens with zero attached hydrogens (tertiary/aromatic N) is 2. The van der Waals surface area contributed by atoms with Crippen LogP contribution in [-0.4, -0.2) is 15.9 Å². The standard InChI is InChI=1S/C24H20N4O/c29-23(16-18-10-4-1-5-11-18)28-24-26-21(19-12-6-2-7-13-19)17-22(27-24)25-20-14-8-3-9-15-20/h1-15,17H,16H2,(H2,25,26,27,28,29). The number of aromatic nitrogens is 2. The molecular weight excluding hydrogens is 360 g/mol. The Morgan fingerprint density at radius 2 is 1.38 bits per heavy atom. The first-order chi connectivity index (χ1) is 14.3. The second kappa shape index (κ2) is 8.80. The van der Waals surface area contributed by atoms with Gasteiger partial charge >= 0.3 is 0 Å². The van der Waals surface area contributed by atoms with E-state index in [4.69, 9.17) is 0 Å². The molecule has 0 saturated carbocycles. The summed E-state index contributed by atoms with van der Waals surface area (Å²) in [4.78, 5) is 21.5. The van der Waals surface area contributed by atoms with E-state index in [0.29, 0.717) is 5.82 Å².